The average Bonchev–Trinajstić information content (AvgIpc) is 2.56. The van der Waals surface area contributed by atoms with Crippen LogP contribution in [0.3, 0.4) is 0 Å². The molecule has 2 aromatic rings. The number of aryl methyl sites for hydroxylation is 1. The maximum absolute atomic E-state index is 12.6. The Bertz CT molecular complexity index is 725. The van der Waals surface area contributed by atoms with E-state index >= 15 is 0 Å². The van der Waals surface area contributed by atoms with Gasteiger partial charge in [-0.1, -0.05) is 58.4 Å². The molecule has 0 aliphatic carbocycles. The number of hydrogen-bond donors (Lipinski definition) is 1. The number of carbonyl (C=O) groups is 1. The van der Waals surface area contributed by atoms with Crippen LogP contribution in [0.15, 0.2) is 53.0 Å². The topological polar surface area (TPSA) is 46.3 Å². The summed E-state index contributed by atoms with van der Waals surface area (Å²) in [6.45, 7) is 0.571. The van der Waals surface area contributed by atoms with Crippen LogP contribution in [0, 0.1) is 0 Å². The summed E-state index contributed by atoms with van der Waals surface area (Å²) in [6, 6.07) is 13.8. The number of nitrogens with two attached hydrogens (primary N) is 1. The molecule has 3 rings (SSSR count). The van der Waals surface area contributed by atoms with E-state index in [4.69, 9.17) is 5.73 Å². The number of anilines is 2. The predicted octanol–water partition coefficient (Wildman–Crippen LogP) is 4.02. The molecule has 1 amide bonds. The Labute approximate surface area is 138 Å². The van der Waals surface area contributed by atoms with Gasteiger partial charge in [-0.3, -0.25) is 4.79 Å². The van der Waals surface area contributed by atoms with Crippen LogP contribution in [0.2, 0.25) is 0 Å². The molecule has 0 saturated carbocycles. The van der Waals surface area contributed by atoms with Crippen LogP contribution in [0.1, 0.15) is 17.5 Å². The van der Waals surface area contributed by atoms with E-state index in [-0.39, 0.29) is 5.91 Å². The van der Waals surface area contributed by atoms with E-state index in [0.29, 0.717) is 18.7 Å². The highest BCUT2D eigenvalue weighted by atomic mass is 79.9. The third-order valence-corrected chi connectivity index (χ3v) is 4.50. The highest BCUT2D eigenvalue weighted by molar-refractivity contribution is 9.10. The molecule has 0 aromatic heterocycles. The molecular formula is C18H17BrN2O. The molecule has 112 valence electrons. The molecule has 0 atom stereocenters. The van der Waals surface area contributed by atoms with E-state index < -0.39 is 0 Å². The van der Waals surface area contributed by atoms with Gasteiger partial charge in [0.25, 0.3) is 0 Å². The molecule has 0 unspecified atom stereocenters. The van der Waals surface area contributed by atoms with Crippen molar-refractivity contribution in [1.82, 2.24) is 0 Å². The summed E-state index contributed by atoms with van der Waals surface area (Å²) < 4.78 is 0.952. The fourth-order valence-electron chi connectivity index (χ4n) is 2.68. The van der Waals surface area contributed by atoms with Crippen LogP contribution in [0.4, 0.5) is 11.4 Å². The monoisotopic (exact) mass is 356 g/mol. The van der Waals surface area contributed by atoms with Crippen molar-refractivity contribution in [2.24, 2.45) is 0 Å². The number of amides is 1. The maximum Gasteiger partial charge on any atom is 0.227 e. The average molecular weight is 357 g/mol. The molecule has 1 aliphatic rings. The molecule has 2 aromatic carbocycles. The molecule has 22 heavy (non-hydrogen) atoms. The van der Waals surface area contributed by atoms with Crippen molar-refractivity contribution >= 4 is 39.3 Å². The highest BCUT2D eigenvalue weighted by Gasteiger charge is 2.23. The molecule has 4 heteroatoms. The van der Waals surface area contributed by atoms with Crippen molar-refractivity contribution in [2.75, 3.05) is 17.2 Å². The lowest BCUT2D eigenvalue weighted by Gasteiger charge is -2.28. The lowest BCUT2D eigenvalue weighted by atomic mass is 10.0. The van der Waals surface area contributed by atoms with Crippen molar-refractivity contribution in [2.45, 2.75) is 12.8 Å². The second kappa shape index (κ2) is 6.36. The molecule has 0 radical (unpaired) electrons. The quantitative estimate of drug-likeness (QED) is 0.844. The standard InChI is InChI=1S/C18H17BrN2O/c19-15-9-10-16(20)18-14(15)7-4-12-21(18)17(22)11-8-13-5-2-1-3-6-13/h1-7,9-10H,8,11-12,20H2. The number of nitrogen functional groups attached to an aromatic ring is 1. The zero-order chi connectivity index (χ0) is 15.5. The first-order valence-corrected chi connectivity index (χ1v) is 8.05. The van der Waals surface area contributed by atoms with Crippen LogP contribution < -0.4 is 10.6 Å². The van der Waals surface area contributed by atoms with E-state index in [2.05, 4.69) is 15.9 Å². The Morgan fingerprint density at radius 1 is 1.18 bits per heavy atom. The van der Waals surface area contributed by atoms with Crippen LogP contribution >= 0.6 is 15.9 Å². The molecule has 1 heterocycles. The number of benzene rings is 2. The number of nitrogens with zero attached hydrogens (tertiary/aromatic N) is 1. The van der Waals surface area contributed by atoms with E-state index in [9.17, 15) is 4.79 Å². The van der Waals surface area contributed by atoms with Gasteiger partial charge in [-0.05, 0) is 24.1 Å². The molecular weight excluding hydrogens is 340 g/mol. The summed E-state index contributed by atoms with van der Waals surface area (Å²) in [5.74, 6) is 0.0965. The molecule has 1 aliphatic heterocycles. The van der Waals surface area contributed by atoms with Gasteiger partial charge < -0.3 is 10.6 Å². The smallest absolute Gasteiger partial charge is 0.227 e. The molecule has 0 spiro atoms. The van der Waals surface area contributed by atoms with Crippen molar-refractivity contribution in [3.8, 4) is 0 Å². The molecule has 0 bridgehead atoms. The van der Waals surface area contributed by atoms with Gasteiger partial charge in [0, 0.05) is 23.0 Å². The SMILES string of the molecule is Nc1ccc(Br)c2c1N(C(=O)CCc1ccccc1)CC=C2. The number of hydrogen-bond acceptors (Lipinski definition) is 2. The number of halogens is 1. The van der Waals surface area contributed by atoms with Crippen LogP contribution in [-0.2, 0) is 11.2 Å². The minimum Gasteiger partial charge on any atom is -0.397 e. The Hall–Kier alpha value is -2.07. The fourth-order valence-corrected chi connectivity index (χ4v) is 3.14. The largest absolute Gasteiger partial charge is 0.397 e. The lowest BCUT2D eigenvalue weighted by molar-refractivity contribution is -0.118. The highest BCUT2D eigenvalue weighted by Crippen LogP contribution is 2.37. The first kappa shape index (κ1) is 14.9. The summed E-state index contributed by atoms with van der Waals surface area (Å²) in [6.07, 6.45) is 5.22. The molecule has 3 nitrogen and oxygen atoms in total. The van der Waals surface area contributed by atoms with Crippen molar-refractivity contribution in [3.63, 3.8) is 0 Å². The van der Waals surface area contributed by atoms with Crippen molar-refractivity contribution in [1.29, 1.82) is 0 Å². The van der Waals surface area contributed by atoms with Crippen LogP contribution in [0.25, 0.3) is 6.08 Å². The van der Waals surface area contributed by atoms with Gasteiger partial charge in [-0.2, -0.15) is 0 Å². The van der Waals surface area contributed by atoms with Crippen molar-refractivity contribution in [3.05, 3.63) is 64.1 Å². The van der Waals surface area contributed by atoms with E-state index in [0.717, 1.165) is 22.1 Å². The minimum atomic E-state index is 0.0965. The van der Waals surface area contributed by atoms with E-state index in [1.165, 1.54) is 5.56 Å². The molecule has 2 N–H and O–H groups in total. The number of fused-ring (bicyclic) bond motifs is 1. The van der Waals surface area contributed by atoms with E-state index in [1.54, 1.807) is 4.90 Å². The van der Waals surface area contributed by atoms with Gasteiger partial charge in [0.15, 0.2) is 0 Å². The summed E-state index contributed by atoms with van der Waals surface area (Å²) in [5.41, 5.74) is 9.69. The third-order valence-electron chi connectivity index (χ3n) is 3.81. The van der Waals surface area contributed by atoms with Gasteiger partial charge in [-0.25, -0.2) is 0 Å². The molecule has 0 fully saturated rings. The maximum atomic E-state index is 12.6. The lowest BCUT2D eigenvalue weighted by Crippen LogP contribution is -2.34. The Morgan fingerprint density at radius 3 is 2.73 bits per heavy atom. The third kappa shape index (κ3) is 2.92. The molecule has 0 saturated heterocycles. The summed E-state index contributed by atoms with van der Waals surface area (Å²) in [7, 11) is 0. The first-order chi connectivity index (χ1) is 10.7. The Balaban J connectivity index is 1.80. The van der Waals surface area contributed by atoms with Crippen LogP contribution in [0.5, 0.6) is 0 Å². The summed E-state index contributed by atoms with van der Waals surface area (Å²) in [5, 5.41) is 0. The van der Waals surface area contributed by atoms with Gasteiger partial charge in [0.1, 0.15) is 0 Å². The number of rotatable bonds is 3. The van der Waals surface area contributed by atoms with Gasteiger partial charge in [0.2, 0.25) is 5.91 Å². The van der Waals surface area contributed by atoms with Gasteiger partial charge in [-0.15, -0.1) is 0 Å². The predicted molar refractivity (Wildman–Crippen MR) is 94.7 cm³/mol. The van der Waals surface area contributed by atoms with Gasteiger partial charge >= 0.3 is 0 Å². The Kier molecular flexibility index (Phi) is 4.29. The normalized spacial score (nSPS) is 13.0. The second-order valence-electron chi connectivity index (χ2n) is 5.29. The first-order valence-electron chi connectivity index (χ1n) is 7.25. The van der Waals surface area contributed by atoms with Crippen LogP contribution in [-0.4, -0.2) is 12.5 Å². The second-order valence-corrected chi connectivity index (χ2v) is 6.15. The van der Waals surface area contributed by atoms with E-state index in [1.807, 2.05) is 54.6 Å². The Morgan fingerprint density at radius 2 is 1.95 bits per heavy atom. The summed E-state index contributed by atoms with van der Waals surface area (Å²) >= 11 is 3.52. The fraction of sp³-hybridized carbons (Fsp3) is 0.167. The number of carbonyl (C=O) groups excluding carboxylic acids is 1. The zero-order valence-corrected chi connectivity index (χ0v) is 13.7. The van der Waals surface area contributed by atoms with Gasteiger partial charge in [0.05, 0.1) is 11.4 Å². The zero-order valence-electron chi connectivity index (χ0n) is 12.1. The summed E-state index contributed by atoms with van der Waals surface area (Å²) in [4.78, 5) is 14.4. The van der Waals surface area contributed by atoms with Crippen molar-refractivity contribution < 1.29 is 4.79 Å². The minimum absolute atomic E-state index is 0.0965.